The Morgan fingerprint density at radius 1 is 1.00 bits per heavy atom. The van der Waals surface area contributed by atoms with Crippen LogP contribution < -0.4 is 9.64 Å². The minimum absolute atomic E-state index is 0.0657. The van der Waals surface area contributed by atoms with Crippen LogP contribution in [0.1, 0.15) is 66.5 Å². The van der Waals surface area contributed by atoms with E-state index in [2.05, 4.69) is 42.1 Å². The molecular weight excluding hydrogens is 540 g/mol. The van der Waals surface area contributed by atoms with Gasteiger partial charge in [-0.15, -0.1) is 0 Å². The number of hydrogen-bond donors (Lipinski definition) is 0. The van der Waals surface area contributed by atoms with Crippen molar-refractivity contribution in [3.63, 3.8) is 0 Å². The maximum Gasteiger partial charge on any atom is 0.234 e. The molecule has 43 heavy (non-hydrogen) atoms. The van der Waals surface area contributed by atoms with E-state index < -0.39 is 0 Å². The Labute approximate surface area is 254 Å². The number of nitrogens with zero attached hydrogens (tertiary/aromatic N) is 4. The molecular formula is C35H42N4O4. The van der Waals surface area contributed by atoms with Crippen LogP contribution in [-0.2, 0) is 40.4 Å². The van der Waals surface area contributed by atoms with Gasteiger partial charge >= 0.3 is 0 Å². The molecule has 5 rings (SSSR count). The molecule has 2 aromatic carbocycles. The van der Waals surface area contributed by atoms with Gasteiger partial charge in [0, 0.05) is 24.6 Å². The maximum atomic E-state index is 14.5. The first-order chi connectivity index (χ1) is 21.0. The molecule has 0 saturated heterocycles. The highest BCUT2D eigenvalue weighted by Crippen LogP contribution is 2.39. The van der Waals surface area contributed by atoms with Crippen LogP contribution in [0.25, 0.3) is 0 Å². The van der Waals surface area contributed by atoms with Gasteiger partial charge in [-0.25, -0.2) is 0 Å². The number of carbonyl (C=O) groups excluding carboxylic acids is 1. The first kappa shape index (κ1) is 30.4. The summed E-state index contributed by atoms with van der Waals surface area (Å²) in [5.41, 5.74) is 6.05. The number of fused-ring (bicyclic) bond motifs is 1. The number of carbonyl (C=O) groups is 1. The van der Waals surface area contributed by atoms with E-state index in [1.807, 2.05) is 70.6 Å². The van der Waals surface area contributed by atoms with E-state index in [0.717, 1.165) is 58.6 Å². The summed E-state index contributed by atoms with van der Waals surface area (Å²) in [4.78, 5) is 21.0. The normalized spacial score (nSPS) is 14.5. The van der Waals surface area contributed by atoms with Gasteiger partial charge in [0.1, 0.15) is 12.4 Å². The van der Waals surface area contributed by atoms with Crippen molar-refractivity contribution in [2.45, 2.75) is 64.6 Å². The highest BCUT2D eigenvalue weighted by atomic mass is 16.5. The van der Waals surface area contributed by atoms with Crippen molar-refractivity contribution in [2.24, 2.45) is 0 Å². The van der Waals surface area contributed by atoms with E-state index in [1.165, 1.54) is 0 Å². The maximum absolute atomic E-state index is 14.5. The van der Waals surface area contributed by atoms with Gasteiger partial charge in [0.25, 0.3) is 0 Å². The van der Waals surface area contributed by atoms with Crippen molar-refractivity contribution in [1.82, 2.24) is 14.8 Å². The second-order valence-corrected chi connectivity index (χ2v) is 11.3. The fourth-order valence-electron chi connectivity index (χ4n) is 5.52. The summed E-state index contributed by atoms with van der Waals surface area (Å²) in [6.45, 7) is 7.43. The summed E-state index contributed by atoms with van der Waals surface area (Å²) >= 11 is 0. The van der Waals surface area contributed by atoms with Crippen molar-refractivity contribution in [3.8, 4) is 5.75 Å². The molecule has 1 aliphatic rings. The highest BCUT2D eigenvalue weighted by molar-refractivity contribution is 5.98. The molecule has 226 valence electrons. The van der Waals surface area contributed by atoms with Gasteiger partial charge in [-0.05, 0) is 60.1 Å². The number of anilines is 1. The average Bonchev–Trinajstić information content (AvgIpc) is 3.49. The van der Waals surface area contributed by atoms with Crippen molar-refractivity contribution in [1.29, 1.82) is 0 Å². The molecule has 0 N–H and O–H groups in total. The Balaban J connectivity index is 1.37. The van der Waals surface area contributed by atoms with Crippen molar-refractivity contribution >= 4 is 11.6 Å². The predicted octanol–water partition coefficient (Wildman–Crippen LogP) is 6.30. The SMILES string of the molecule is COCCOCCn1cc(CN(C(=O)C2CCCc3c(OCc4ccccc4)cccc32)c2ccc(C(C)C)nc2)cn1. The van der Waals surface area contributed by atoms with Gasteiger partial charge in [0.15, 0.2) is 0 Å². The summed E-state index contributed by atoms with van der Waals surface area (Å²) in [6, 6.07) is 20.3. The van der Waals surface area contributed by atoms with E-state index >= 15 is 0 Å². The second kappa shape index (κ2) is 14.9. The lowest BCUT2D eigenvalue weighted by Crippen LogP contribution is -2.36. The summed E-state index contributed by atoms with van der Waals surface area (Å²) in [5.74, 6) is 0.971. The Morgan fingerprint density at radius 2 is 1.86 bits per heavy atom. The summed E-state index contributed by atoms with van der Waals surface area (Å²) in [6.07, 6.45) is 8.25. The van der Waals surface area contributed by atoms with Crippen molar-refractivity contribution in [3.05, 3.63) is 107 Å². The van der Waals surface area contributed by atoms with Gasteiger partial charge in [0.05, 0.1) is 56.9 Å². The Morgan fingerprint density at radius 3 is 2.63 bits per heavy atom. The molecule has 0 fully saturated rings. The molecule has 0 spiro atoms. The molecule has 2 heterocycles. The lowest BCUT2D eigenvalue weighted by molar-refractivity contribution is -0.120. The third-order valence-corrected chi connectivity index (χ3v) is 7.86. The zero-order valence-corrected chi connectivity index (χ0v) is 25.4. The molecule has 0 aliphatic heterocycles. The van der Waals surface area contributed by atoms with Gasteiger partial charge in [-0.1, -0.05) is 56.3 Å². The van der Waals surface area contributed by atoms with Crippen molar-refractivity contribution < 1.29 is 19.0 Å². The molecule has 1 amide bonds. The van der Waals surface area contributed by atoms with E-state index in [4.69, 9.17) is 14.2 Å². The number of hydrogen-bond acceptors (Lipinski definition) is 6. The minimum atomic E-state index is -0.266. The van der Waals surface area contributed by atoms with E-state index in [9.17, 15) is 4.79 Å². The van der Waals surface area contributed by atoms with Crippen LogP contribution in [0.5, 0.6) is 5.75 Å². The first-order valence-electron chi connectivity index (χ1n) is 15.2. The lowest BCUT2D eigenvalue weighted by atomic mass is 9.81. The number of amides is 1. The van der Waals surface area contributed by atoms with Crippen molar-refractivity contribution in [2.75, 3.05) is 31.8 Å². The molecule has 0 saturated carbocycles. The van der Waals surface area contributed by atoms with Crippen LogP contribution in [0.3, 0.4) is 0 Å². The number of aromatic nitrogens is 3. The molecule has 1 atom stereocenters. The van der Waals surface area contributed by atoms with Gasteiger partial charge in [0.2, 0.25) is 5.91 Å². The minimum Gasteiger partial charge on any atom is -0.489 e. The number of rotatable bonds is 14. The van der Waals surface area contributed by atoms with Gasteiger partial charge < -0.3 is 19.1 Å². The Hall–Kier alpha value is -4.01. The van der Waals surface area contributed by atoms with Crippen LogP contribution in [0.15, 0.2) is 79.3 Å². The zero-order chi connectivity index (χ0) is 30.0. The fraction of sp³-hybridized carbons (Fsp3) is 0.400. The number of methoxy groups -OCH3 is 1. The first-order valence-corrected chi connectivity index (χ1v) is 15.2. The number of pyridine rings is 1. The molecule has 1 aliphatic carbocycles. The smallest absolute Gasteiger partial charge is 0.234 e. The second-order valence-electron chi connectivity index (χ2n) is 11.3. The van der Waals surface area contributed by atoms with Crippen LogP contribution in [0.4, 0.5) is 5.69 Å². The van der Waals surface area contributed by atoms with Gasteiger partial charge in [-0.2, -0.15) is 5.10 Å². The third kappa shape index (κ3) is 7.89. The number of benzene rings is 2. The molecule has 1 unspecified atom stereocenters. The van der Waals surface area contributed by atoms with E-state index in [0.29, 0.717) is 45.4 Å². The van der Waals surface area contributed by atoms with Crippen LogP contribution in [-0.4, -0.2) is 47.6 Å². The summed E-state index contributed by atoms with van der Waals surface area (Å²) in [5, 5.41) is 4.52. The van der Waals surface area contributed by atoms with Crippen LogP contribution >= 0.6 is 0 Å². The largest absolute Gasteiger partial charge is 0.489 e. The van der Waals surface area contributed by atoms with Crippen LogP contribution in [0, 0.1) is 0 Å². The average molecular weight is 583 g/mol. The fourth-order valence-corrected chi connectivity index (χ4v) is 5.52. The van der Waals surface area contributed by atoms with E-state index in [1.54, 1.807) is 7.11 Å². The lowest BCUT2D eigenvalue weighted by Gasteiger charge is -2.31. The van der Waals surface area contributed by atoms with Crippen LogP contribution in [0.2, 0.25) is 0 Å². The molecule has 8 heteroatoms. The third-order valence-electron chi connectivity index (χ3n) is 7.86. The molecule has 8 nitrogen and oxygen atoms in total. The highest BCUT2D eigenvalue weighted by Gasteiger charge is 2.32. The summed E-state index contributed by atoms with van der Waals surface area (Å²) in [7, 11) is 1.66. The standard InChI is InChI=1S/C35H42N4O4/c1-26(2)33-16-15-29(22-36-33)39(24-28-21-37-38(23-28)17-18-42-20-19-41-3)35(40)32-13-7-12-31-30(32)11-8-14-34(31)43-25-27-9-5-4-6-10-27/h4-6,8-11,14-16,21-23,26,32H,7,12-13,17-20,24-25H2,1-3H3. The Kier molecular flexibility index (Phi) is 10.6. The topological polar surface area (TPSA) is 78.7 Å². The monoisotopic (exact) mass is 582 g/mol. The molecule has 0 radical (unpaired) electrons. The quantitative estimate of drug-likeness (QED) is 0.163. The van der Waals surface area contributed by atoms with E-state index in [-0.39, 0.29) is 11.8 Å². The summed E-state index contributed by atoms with van der Waals surface area (Å²) < 4.78 is 18.8. The van der Waals surface area contributed by atoms with Gasteiger partial charge in [-0.3, -0.25) is 14.5 Å². The molecule has 2 aromatic heterocycles. The molecule has 0 bridgehead atoms. The molecule has 4 aromatic rings. The zero-order valence-electron chi connectivity index (χ0n) is 25.4. The Bertz CT molecular complexity index is 1450. The number of ether oxygens (including phenoxy) is 3. The predicted molar refractivity (Wildman–Crippen MR) is 167 cm³/mol.